The van der Waals surface area contributed by atoms with Gasteiger partial charge in [0.1, 0.15) is 11.4 Å². The molecular formula is C30H30N4O5. The van der Waals surface area contributed by atoms with Crippen molar-refractivity contribution in [1.29, 1.82) is 0 Å². The van der Waals surface area contributed by atoms with E-state index in [1.807, 2.05) is 42.5 Å². The molecule has 1 fully saturated rings. The predicted molar refractivity (Wildman–Crippen MR) is 150 cm³/mol. The lowest BCUT2D eigenvalue weighted by Crippen LogP contribution is -2.36. The molecule has 3 aromatic carbocycles. The van der Waals surface area contributed by atoms with Crippen LogP contribution in [0.15, 0.2) is 83.7 Å². The van der Waals surface area contributed by atoms with Crippen LogP contribution in [-0.4, -0.2) is 48.1 Å². The number of aromatic nitrogens is 2. The zero-order chi connectivity index (χ0) is 27.2. The lowest BCUT2D eigenvalue weighted by atomic mass is 10.0. The van der Waals surface area contributed by atoms with Gasteiger partial charge in [-0.25, -0.2) is 0 Å². The number of morpholine rings is 1. The van der Waals surface area contributed by atoms with Gasteiger partial charge in [-0.2, -0.15) is 9.78 Å². The second kappa shape index (κ2) is 11.9. The summed E-state index contributed by atoms with van der Waals surface area (Å²) < 4.78 is 12.0. The predicted octanol–water partition coefficient (Wildman–Crippen LogP) is 4.83. The van der Waals surface area contributed by atoms with Crippen LogP contribution in [0.4, 0.5) is 11.4 Å². The highest BCUT2D eigenvalue weighted by Gasteiger charge is 2.23. The molecule has 1 aromatic heterocycles. The number of rotatable bonds is 9. The highest BCUT2D eigenvalue weighted by atomic mass is 16.6. The number of aryl methyl sites for hydroxylation is 2. The van der Waals surface area contributed by atoms with E-state index in [1.165, 1.54) is 16.3 Å². The van der Waals surface area contributed by atoms with E-state index in [1.54, 1.807) is 25.3 Å². The van der Waals surface area contributed by atoms with Crippen LogP contribution >= 0.6 is 0 Å². The molecule has 2 heterocycles. The van der Waals surface area contributed by atoms with Crippen LogP contribution in [-0.2, 0) is 17.6 Å². The van der Waals surface area contributed by atoms with Crippen LogP contribution in [0.3, 0.4) is 0 Å². The minimum absolute atomic E-state index is 0.142. The maximum absolute atomic E-state index is 13.8. The van der Waals surface area contributed by atoms with Crippen molar-refractivity contribution in [2.75, 3.05) is 38.3 Å². The van der Waals surface area contributed by atoms with Crippen LogP contribution in [0.25, 0.3) is 16.9 Å². The molecule has 0 radical (unpaired) electrons. The van der Waals surface area contributed by atoms with Crippen molar-refractivity contribution >= 4 is 11.4 Å². The second-order valence-electron chi connectivity index (χ2n) is 9.37. The average Bonchev–Trinajstić information content (AvgIpc) is 2.98. The minimum atomic E-state index is -0.472. The molecule has 0 N–H and O–H groups in total. The van der Waals surface area contributed by atoms with Crippen LogP contribution in [0.5, 0.6) is 5.75 Å². The third-order valence-electron chi connectivity index (χ3n) is 6.87. The van der Waals surface area contributed by atoms with Gasteiger partial charge in [0, 0.05) is 36.0 Å². The number of nitrogens with zero attached hydrogens (tertiary/aromatic N) is 4. The summed E-state index contributed by atoms with van der Waals surface area (Å²) in [4.78, 5) is 27.5. The molecule has 0 bridgehead atoms. The van der Waals surface area contributed by atoms with Crippen molar-refractivity contribution in [1.82, 2.24) is 9.78 Å². The van der Waals surface area contributed by atoms with Gasteiger partial charge in [0.05, 0.1) is 30.9 Å². The zero-order valence-electron chi connectivity index (χ0n) is 21.8. The first-order valence-corrected chi connectivity index (χ1v) is 13.0. The Morgan fingerprint density at radius 1 is 0.974 bits per heavy atom. The summed E-state index contributed by atoms with van der Waals surface area (Å²) in [6, 6.07) is 24.1. The summed E-state index contributed by atoms with van der Waals surface area (Å²) >= 11 is 0. The summed E-state index contributed by atoms with van der Waals surface area (Å²) in [6.07, 6.45) is 2.06. The van der Waals surface area contributed by atoms with E-state index in [0.29, 0.717) is 49.7 Å². The number of nitro groups is 1. The zero-order valence-corrected chi connectivity index (χ0v) is 21.8. The summed E-state index contributed by atoms with van der Waals surface area (Å²) in [5, 5.41) is 16.7. The molecule has 1 aliphatic rings. The maximum atomic E-state index is 13.8. The summed E-state index contributed by atoms with van der Waals surface area (Å²) in [5.41, 5.74) is 3.40. The first kappa shape index (κ1) is 26.1. The fourth-order valence-corrected chi connectivity index (χ4v) is 4.79. The second-order valence-corrected chi connectivity index (χ2v) is 9.37. The fourth-order valence-electron chi connectivity index (χ4n) is 4.79. The highest BCUT2D eigenvalue weighted by molar-refractivity contribution is 5.65. The van der Waals surface area contributed by atoms with E-state index in [2.05, 4.69) is 22.1 Å². The van der Waals surface area contributed by atoms with E-state index >= 15 is 0 Å². The Bertz CT molecular complexity index is 1510. The van der Waals surface area contributed by atoms with Gasteiger partial charge in [0.25, 0.3) is 11.2 Å². The summed E-state index contributed by atoms with van der Waals surface area (Å²) in [6.45, 7) is 2.46. The molecule has 5 rings (SSSR count). The van der Waals surface area contributed by atoms with Gasteiger partial charge in [-0.1, -0.05) is 42.5 Å². The van der Waals surface area contributed by atoms with Crippen molar-refractivity contribution in [2.24, 2.45) is 0 Å². The quantitative estimate of drug-likeness (QED) is 0.228. The average molecular weight is 527 g/mol. The van der Waals surface area contributed by atoms with Crippen molar-refractivity contribution in [3.8, 4) is 22.7 Å². The Morgan fingerprint density at radius 2 is 1.77 bits per heavy atom. The Morgan fingerprint density at radius 3 is 2.51 bits per heavy atom. The molecule has 0 amide bonds. The summed E-state index contributed by atoms with van der Waals surface area (Å²) in [7, 11) is 1.59. The Balaban J connectivity index is 1.61. The lowest BCUT2D eigenvalue weighted by molar-refractivity contribution is -0.384. The van der Waals surface area contributed by atoms with Gasteiger partial charge in [0.2, 0.25) is 0 Å². The molecule has 9 heteroatoms. The van der Waals surface area contributed by atoms with Crippen LogP contribution in [0, 0.1) is 10.1 Å². The van der Waals surface area contributed by atoms with E-state index in [0.717, 1.165) is 24.1 Å². The van der Waals surface area contributed by atoms with E-state index in [4.69, 9.17) is 9.47 Å². The normalized spacial score (nSPS) is 13.3. The highest BCUT2D eigenvalue weighted by Crippen LogP contribution is 2.29. The Labute approximate surface area is 226 Å². The molecule has 4 aromatic rings. The van der Waals surface area contributed by atoms with Crippen LogP contribution in [0.2, 0.25) is 0 Å². The smallest absolute Gasteiger partial charge is 0.295 e. The van der Waals surface area contributed by atoms with Crippen molar-refractivity contribution in [3.63, 3.8) is 0 Å². The molecule has 0 spiro atoms. The molecule has 9 nitrogen and oxygen atoms in total. The molecular weight excluding hydrogens is 496 g/mol. The number of nitro benzene ring substituents is 1. The van der Waals surface area contributed by atoms with Gasteiger partial charge in [-0.15, -0.1) is 0 Å². The number of hydrogen-bond donors (Lipinski definition) is 0. The van der Waals surface area contributed by atoms with Gasteiger partial charge in [-0.05, 0) is 55.2 Å². The SMILES string of the molecule is COc1cccc(-c2cc(CCCc3ccccc3)c(=O)n(-c3cc(N4CCOCC4)ccc3[N+](=O)[O-])n2)c1. The van der Waals surface area contributed by atoms with E-state index < -0.39 is 4.92 Å². The molecule has 0 unspecified atom stereocenters. The van der Waals surface area contributed by atoms with Crippen molar-refractivity contribution in [3.05, 3.63) is 110 Å². The third kappa shape index (κ3) is 5.99. The monoisotopic (exact) mass is 526 g/mol. The molecule has 1 saturated heterocycles. The number of methoxy groups -OCH3 is 1. The number of ether oxygens (including phenoxy) is 2. The van der Waals surface area contributed by atoms with E-state index in [9.17, 15) is 14.9 Å². The Hall–Kier alpha value is -4.50. The Kier molecular flexibility index (Phi) is 7.98. The first-order chi connectivity index (χ1) is 19.0. The van der Waals surface area contributed by atoms with Crippen LogP contribution in [0.1, 0.15) is 17.5 Å². The topological polar surface area (TPSA) is 99.7 Å². The van der Waals surface area contributed by atoms with Crippen LogP contribution < -0.4 is 15.2 Å². The van der Waals surface area contributed by atoms with Gasteiger partial charge >= 0.3 is 0 Å². The van der Waals surface area contributed by atoms with E-state index in [-0.39, 0.29) is 16.9 Å². The largest absolute Gasteiger partial charge is 0.497 e. The standard InChI is InChI=1S/C30H30N4O5/c1-38-26-12-6-10-23(19-26)27-20-24(11-5-9-22-7-3-2-4-8-22)30(35)33(31-27)29-21-25(13-14-28(29)34(36)37)32-15-17-39-18-16-32/h2-4,6-8,10,12-14,19-21H,5,9,11,15-18H2,1H3. The minimum Gasteiger partial charge on any atom is -0.497 e. The maximum Gasteiger partial charge on any atom is 0.295 e. The van der Waals surface area contributed by atoms with Gasteiger partial charge in [0.15, 0.2) is 0 Å². The van der Waals surface area contributed by atoms with Gasteiger partial charge < -0.3 is 14.4 Å². The molecule has 0 atom stereocenters. The van der Waals surface area contributed by atoms with Crippen molar-refractivity contribution < 1.29 is 14.4 Å². The fraction of sp³-hybridized carbons (Fsp3) is 0.267. The number of anilines is 1. The molecule has 200 valence electrons. The summed E-state index contributed by atoms with van der Waals surface area (Å²) in [5.74, 6) is 0.651. The van der Waals surface area contributed by atoms with Crippen molar-refractivity contribution in [2.45, 2.75) is 19.3 Å². The lowest BCUT2D eigenvalue weighted by Gasteiger charge is -2.29. The molecule has 0 saturated carbocycles. The molecule has 39 heavy (non-hydrogen) atoms. The molecule has 0 aliphatic carbocycles. The number of benzene rings is 3. The first-order valence-electron chi connectivity index (χ1n) is 13.0. The third-order valence-corrected chi connectivity index (χ3v) is 6.87. The van der Waals surface area contributed by atoms with Gasteiger partial charge in [-0.3, -0.25) is 14.9 Å². The number of hydrogen-bond acceptors (Lipinski definition) is 7. The molecule has 1 aliphatic heterocycles.